The van der Waals surface area contributed by atoms with Crippen LogP contribution in [0.3, 0.4) is 0 Å². The normalized spacial score (nSPS) is 17.8. The molecule has 2 amide bonds. The first kappa shape index (κ1) is 28.0. The highest BCUT2D eigenvalue weighted by Gasteiger charge is 2.48. The number of aromatic amines is 1. The number of hydrogen-bond acceptors (Lipinski definition) is 5. The Balaban J connectivity index is 1.42. The van der Waals surface area contributed by atoms with E-state index in [-0.39, 0.29) is 19.0 Å². The number of fused-ring (bicyclic) bond motifs is 3. The quantitative estimate of drug-likeness (QED) is 0.418. The average Bonchev–Trinajstić information content (AvgIpc) is 3.43. The van der Waals surface area contributed by atoms with Gasteiger partial charge in [0.15, 0.2) is 0 Å². The van der Waals surface area contributed by atoms with Crippen LogP contribution in [-0.2, 0) is 25.0 Å². The van der Waals surface area contributed by atoms with Crippen LogP contribution in [0.4, 0.5) is 14.5 Å². The molecule has 0 bridgehead atoms. The van der Waals surface area contributed by atoms with Gasteiger partial charge in [-0.15, -0.1) is 0 Å². The van der Waals surface area contributed by atoms with Gasteiger partial charge in [0.05, 0.1) is 23.4 Å². The van der Waals surface area contributed by atoms with Gasteiger partial charge in [0, 0.05) is 48.7 Å². The van der Waals surface area contributed by atoms with Crippen molar-refractivity contribution < 1.29 is 26.8 Å². The summed E-state index contributed by atoms with van der Waals surface area (Å²) in [6, 6.07) is 8.40. The summed E-state index contributed by atoms with van der Waals surface area (Å²) in [5.74, 6) is -2.41. The molecule has 1 aromatic heterocycles. The smallest absolute Gasteiger partial charge is 0.239 e. The monoisotopic (exact) mass is 573 g/mol. The molecule has 214 valence electrons. The van der Waals surface area contributed by atoms with Crippen LogP contribution >= 0.6 is 0 Å². The van der Waals surface area contributed by atoms with E-state index in [9.17, 15) is 26.8 Å². The largest absolute Gasteiger partial charge is 0.361 e. The van der Waals surface area contributed by atoms with E-state index < -0.39 is 44.4 Å². The number of aromatic nitrogens is 1. The van der Waals surface area contributed by atoms with Gasteiger partial charge in [-0.1, -0.05) is 0 Å². The van der Waals surface area contributed by atoms with Crippen molar-refractivity contribution in [1.82, 2.24) is 15.2 Å². The van der Waals surface area contributed by atoms with Crippen molar-refractivity contribution in [3.8, 4) is 0 Å². The summed E-state index contributed by atoms with van der Waals surface area (Å²) < 4.78 is 54.8. The standard InChI is InChI=1S/C28H33F2N5O4S/c1-27(2,31)26(37)33-15-21(20-14-32-23-6-4-17(29)12-19(20)23)25(36)34-10-8-28(9-11-34)16-35(40(3,38)39)24-7-5-18(30)13-22(24)28/h4-7,12-14,21,32H,8-11,15-16,31H2,1-3H3,(H,33,37)/t21-/m1/s1. The van der Waals surface area contributed by atoms with Crippen molar-refractivity contribution in [2.45, 2.75) is 43.6 Å². The van der Waals surface area contributed by atoms with Gasteiger partial charge in [0.1, 0.15) is 11.6 Å². The van der Waals surface area contributed by atoms with Crippen LogP contribution in [0, 0.1) is 11.6 Å². The third-order valence-corrected chi connectivity index (χ3v) is 9.21. The van der Waals surface area contributed by atoms with E-state index >= 15 is 0 Å². The molecule has 9 nitrogen and oxygen atoms in total. The number of carbonyl (C=O) groups is 2. The molecule has 0 saturated carbocycles. The molecule has 3 heterocycles. The lowest BCUT2D eigenvalue weighted by Gasteiger charge is -2.41. The first-order valence-corrected chi connectivity index (χ1v) is 14.9. The Morgan fingerprint density at radius 2 is 1.77 bits per heavy atom. The Labute approximate surface area is 231 Å². The number of halogens is 2. The fraction of sp³-hybridized carbons (Fsp3) is 0.429. The Morgan fingerprint density at radius 1 is 1.12 bits per heavy atom. The number of sulfonamides is 1. The topological polar surface area (TPSA) is 129 Å². The summed E-state index contributed by atoms with van der Waals surface area (Å²) in [4.78, 5) is 31.3. The highest BCUT2D eigenvalue weighted by atomic mass is 32.2. The molecule has 2 aromatic carbocycles. The van der Waals surface area contributed by atoms with Crippen molar-refractivity contribution in [1.29, 1.82) is 0 Å². The fourth-order valence-electron chi connectivity index (χ4n) is 5.85. The summed E-state index contributed by atoms with van der Waals surface area (Å²) in [5.41, 5.74) is 6.45. The van der Waals surface area contributed by atoms with Gasteiger partial charge in [-0.2, -0.15) is 0 Å². The molecule has 12 heteroatoms. The second-order valence-electron chi connectivity index (χ2n) is 11.5. The third kappa shape index (κ3) is 5.05. The summed E-state index contributed by atoms with van der Waals surface area (Å²) >= 11 is 0. The van der Waals surface area contributed by atoms with E-state index in [4.69, 9.17) is 5.73 Å². The highest BCUT2D eigenvalue weighted by molar-refractivity contribution is 7.92. The fourth-order valence-corrected chi connectivity index (χ4v) is 6.85. The van der Waals surface area contributed by atoms with Gasteiger partial charge in [-0.05, 0) is 74.2 Å². The number of likely N-dealkylation sites (tertiary alicyclic amines) is 1. The zero-order valence-corrected chi connectivity index (χ0v) is 23.4. The summed E-state index contributed by atoms with van der Waals surface area (Å²) in [5, 5.41) is 3.31. The van der Waals surface area contributed by atoms with Gasteiger partial charge in [-0.3, -0.25) is 13.9 Å². The zero-order chi connectivity index (χ0) is 29.0. The SMILES string of the molecule is CC(C)(N)C(=O)NC[C@@H](C(=O)N1CCC2(CC1)CN(S(C)(=O)=O)c1ccc(F)cc12)c1c[nH]c2ccc(F)cc12. The van der Waals surface area contributed by atoms with Gasteiger partial charge < -0.3 is 20.9 Å². The van der Waals surface area contributed by atoms with Crippen molar-refractivity contribution in [2.75, 3.05) is 36.7 Å². The highest BCUT2D eigenvalue weighted by Crippen LogP contribution is 2.48. The van der Waals surface area contributed by atoms with Crippen LogP contribution < -0.4 is 15.4 Å². The van der Waals surface area contributed by atoms with Crippen molar-refractivity contribution >= 4 is 38.4 Å². The molecule has 40 heavy (non-hydrogen) atoms. The van der Waals surface area contributed by atoms with Gasteiger partial charge in [-0.25, -0.2) is 17.2 Å². The molecule has 2 aliphatic heterocycles. The van der Waals surface area contributed by atoms with E-state index in [2.05, 4.69) is 10.3 Å². The molecule has 2 aliphatic rings. The maximum atomic E-state index is 14.3. The first-order valence-electron chi connectivity index (χ1n) is 13.1. The predicted molar refractivity (Wildman–Crippen MR) is 148 cm³/mol. The predicted octanol–water partition coefficient (Wildman–Crippen LogP) is 2.72. The van der Waals surface area contributed by atoms with E-state index in [1.54, 1.807) is 31.0 Å². The van der Waals surface area contributed by atoms with Gasteiger partial charge in [0.25, 0.3) is 0 Å². The summed E-state index contributed by atoms with van der Waals surface area (Å²) in [7, 11) is -3.58. The number of piperidine rings is 1. The molecule has 4 N–H and O–H groups in total. The van der Waals surface area contributed by atoms with Crippen LogP contribution in [0.15, 0.2) is 42.6 Å². The van der Waals surface area contributed by atoms with Crippen molar-refractivity contribution in [2.24, 2.45) is 5.73 Å². The molecular weight excluding hydrogens is 540 g/mol. The number of nitrogens with zero attached hydrogens (tertiary/aromatic N) is 2. The maximum absolute atomic E-state index is 14.3. The number of amides is 2. The Morgan fingerprint density at radius 3 is 2.42 bits per heavy atom. The summed E-state index contributed by atoms with van der Waals surface area (Å²) in [6.07, 6.45) is 3.64. The van der Waals surface area contributed by atoms with E-state index in [0.29, 0.717) is 53.6 Å². The second-order valence-corrected chi connectivity index (χ2v) is 13.4. The molecule has 3 aromatic rings. The van der Waals surface area contributed by atoms with Crippen LogP contribution in [0.5, 0.6) is 0 Å². The second kappa shape index (κ2) is 9.84. The molecular formula is C28H33F2N5O4S. The van der Waals surface area contributed by atoms with Crippen molar-refractivity contribution in [3.05, 3.63) is 65.4 Å². The molecule has 5 rings (SSSR count). The van der Waals surface area contributed by atoms with E-state index in [0.717, 1.165) is 6.26 Å². The minimum absolute atomic E-state index is 0.0424. The lowest BCUT2D eigenvalue weighted by molar-refractivity contribution is -0.134. The maximum Gasteiger partial charge on any atom is 0.239 e. The van der Waals surface area contributed by atoms with Crippen molar-refractivity contribution in [3.63, 3.8) is 0 Å². The molecule has 1 spiro atoms. The number of nitrogens with two attached hydrogens (primary N) is 1. The zero-order valence-electron chi connectivity index (χ0n) is 22.6. The Bertz CT molecular complexity index is 1590. The number of nitrogens with one attached hydrogen (secondary N) is 2. The minimum atomic E-state index is -3.58. The molecule has 0 unspecified atom stereocenters. The number of H-pyrrole nitrogens is 1. The molecule has 0 aliphatic carbocycles. The van der Waals surface area contributed by atoms with E-state index in [1.165, 1.54) is 34.6 Å². The van der Waals surface area contributed by atoms with Crippen LogP contribution in [0.2, 0.25) is 0 Å². The van der Waals surface area contributed by atoms with E-state index in [1.807, 2.05) is 0 Å². The van der Waals surface area contributed by atoms with Gasteiger partial charge in [0.2, 0.25) is 21.8 Å². The third-order valence-electron chi connectivity index (χ3n) is 8.08. The minimum Gasteiger partial charge on any atom is -0.361 e. The number of rotatable bonds is 6. The number of anilines is 1. The lowest BCUT2D eigenvalue weighted by atomic mass is 9.74. The molecule has 1 atom stereocenters. The van der Waals surface area contributed by atoms with Gasteiger partial charge >= 0.3 is 0 Å². The lowest BCUT2D eigenvalue weighted by Crippen LogP contribution is -2.52. The molecule has 0 radical (unpaired) electrons. The number of benzene rings is 2. The number of carbonyl (C=O) groups excluding carboxylic acids is 2. The summed E-state index contributed by atoms with van der Waals surface area (Å²) in [6.45, 7) is 3.86. The number of hydrogen-bond donors (Lipinski definition) is 3. The van der Waals surface area contributed by atoms with Crippen LogP contribution in [0.25, 0.3) is 10.9 Å². The molecule has 1 fully saturated rings. The first-order chi connectivity index (χ1) is 18.7. The Kier molecular flexibility index (Phi) is 6.90. The molecule has 1 saturated heterocycles. The van der Waals surface area contributed by atoms with Crippen LogP contribution in [-0.4, -0.2) is 68.1 Å². The Hall–Kier alpha value is -3.51. The van der Waals surface area contributed by atoms with Crippen LogP contribution in [0.1, 0.15) is 43.7 Å². The average molecular weight is 574 g/mol.